The van der Waals surface area contributed by atoms with Crippen LogP contribution in [0.2, 0.25) is 0 Å². The number of terminal acetylenes is 1. The lowest BCUT2D eigenvalue weighted by atomic mass is 10.1. The minimum Gasteiger partial charge on any atom is -0.322 e. The van der Waals surface area contributed by atoms with Crippen molar-refractivity contribution in [3.8, 4) is 18.0 Å². The topological polar surface area (TPSA) is 81.3 Å². The van der Waals surface area contributed by atoms with Crippen LogP contribution in [0, 0.1) is 29.4 Å². The van der Waals surface area contributed by atoms with Gasteiger partial charge in [0.25, 0.3) is 11.6 Å². The van der Waals surface area contributed by atoms with Gasteiger partial charge in [-0.15, -0.1) is 6.42 Å². The third-order valence-electron chi connectivity index (χ3n) is 4.18. The van der Waals surface area contributed by atoms with E-state index in [1.54, 1.807) is 24.4 Å². The fourth-order valence-corrected chi connectivity index (χ4v) is 2.72. The summed E-state index contributed by atoms with van der Waals surface area (Å²) in [6.45, 7) is 2.51. The predicted molar refractivity (Wildman–Crippen MR) is 105 cm³/mol. The number of carbonyl (C=O) groups excluding carboxylic acids is 1. The molecule has 1 aromatic heterocycles. The standard InChI is InChI=1S/C21H18N4O3/c1-3-12-23(15-17-9-7-16(2)8-10-17)21(26)20-11-13-24(22-20)18-5-4-6-19(14-18)25(27)28/h1,4-11,13-14H,12,15H2,2H3. The van der Waals surface area contributed by atoms with Crippen molar-refractivity contribution in [1.82, 2.24) is 14.7 Å². The zero-order valence-corrected chi connectivity index (χ0v) is 15.3. The summed E-state index contributed by atoms with van der Waals surface area (Å²) in [4.78, 5) is 24.9. The normalized spacial score (nSPS) is 10.3. The van der Waals surface area contributed by atoms with E-state index in [4.69, 9.17) is 6.42 Å². The number of non-ortho nitro benzene ring substituents is 1. The smallest absolute Gasteiger partial charge is 0.275 e. The van der Waals surface area contributed by atoms with Crippen molar-refractivity contribution >= 4 is 11.6 Å². The van der Waals surface area contributed by atoms with Crippen LogP contribution in [0.15, 0.2) is 60.8 Å². The second-order valence-electron chi connectivity index (χ2n) is 6.27. The third kappa shape index (κ3) is 4.24. The highest BCUT2D eigenvalue weighted by Gasteiger charge is 2.19. The number of rotatable bonds is 6. The molecule has 2 aromatic carbocycles. The van der Waals surface area contributed by atoms with Crippen molar-refractivity contribution in [3.05, 3.63) is 87.7 Å². The Bertz CT molecular complexity index is 1050. The van der Waals surface area contributed by atoms with Crippen molar-refractivity contribution in [2.75, 3.05) is 6.54 Å². The monoisotopic (exact) mass is 374 g/mol. The number of aromatic nitrogens is 2. The molecule has 0 radical (unpaired) electrons. The van der Waals surface area contributed by atoms with Crippen LogP contribution in [0.1, 0.15) is 21.6 Å². The highest BCUT2D eigenvalue weighted by atomic mass is 16.6. The minimum absolute atomic E-state index is 0.0470. The Hall–Kier alpha value is -3.92. The first-order chi connectivity index (χ1) is 13.5. The molecule has 0 N–H and O–H groups in total. The SMILES string of the molecule is C#CCN(Cc1ccc(C)cc1)C(=O)c1ccn(-c2cccc([N+](=O)[O-])c2)n1. The molecule has 1 amide bonds. The second-order valence-corrected chi connectivity index (χ2v) is 6.27. The van der Waals surface area contributed by atoms with Gasteiger partial charge in [0.15, 0.2) is 5.69 Å². The van der Waals surface area contributed by atoms with Crippen LogP contribution >= 0.6 is 0 Å². The Morgan fingerprint density at radius 2 is 2.00 bits per heavy atom. The Kier molecular flexibility index (Phi) is 5.51. The largest absolute Gasteiger partial charge is 0.322 e. The zero-order chi connectivity index (χ0) is 20.1. The molecule has 0 atom stereocenters. The van der Waals surface area contributed by atoms with Gasteiger partial charge >= 0.3 is 0 Å². The average Bonchev–Trinajstić information content (AvgIpc) is 3.19. The van der Waals surface area contributed by atoms with E-state index in [0.717, 1.165) is 11.1 Å². The molecule has 0 saturated carbocycles. The second kappa shape index (κ2) is 8.18. The number of nitrogens with zero attached hydrogens (tertiary/aromatic N) is 4. The minimum atomic E-state index is -0.477. The van der Waals surface area contributed by atoms with E-state index in [1.165, 1.54) is 21.7 Å². The molecule has 7 nitrogen and oxygen atoms in total. The first-order valence-electron chi connectivity index (χ1n) is 8.56. The van der Waals surface area contributed by atoms with Gasteiger partial charge in [-0.1, -0.05) is 41.8 Å². The van der Waals surface area contributed by atoms with E-state index in [-0.39, 0.29) is 23.8 Å². The van der Waals surface area contributed by atoms with E-state index in [9.17, 15) is 14.9 Å². The number of hydrogen-bond acceptors (Lipinski definition) is 4. The molecular weight excluding hydrogens is 356 g/mol. The van der Waals surface area contributed by atoms with Crippen molar-refractivity contribution in [2.45, 2.75) is 13.5 Å². The van der Waals surface area contributed by atoms with Gasteiger partial charge in [0.05, 0.1) is 17.2 Å². The summed E-state index contributed by atoms with van der Waals surface area (Å²) in [5.74, 6) is 2.20. The molecule has 3 aromatic rings. The predicted octanol–water partition coefficient (Wildman–Crippen LogP) is 3.36. The molecule has 0 aliphatic carbocycles. The van der Waals surface area contributed by atoms with Crippen molar-refractivity contribution in [3.63, 3.8) is 0 Å². The number of carbonyl (C=O) groups is 1. The molecule has 0 unspecified atom stereocenters. The molecule has 7 heteroatoms. The highest BCUT2D eigenvalue weighted by Crippen LogP contribution is 2.17. The maximum absolute atomic E-state index is 12.9. The summed E-state index contributed by atoms with van der Waals surface area (Å²) >= 11 is 0. The average molecular weight is 374 g/mol. The molecule has 0 fully saturated rings. The van der Waals surface area contributed by atoms with Gasteiger partial charge in [0.2, 0.25) is 0 Å². The van der Waals surface area contributed by atoms with Gasteiger partial charge in [0, 0.05) is 24.9 Å². The van der Waals surface area contributed by atoms with Crippen LogP contribution in [0.3, 0.4) is 0 Å². The number of nitro groups is 1. The summed E-state index contributed by atoms with van der Waals surface area (Å²) in [5.41, 5.74) is 2.76. The Morgan fingerprint density at radius 1 is 1.25 bits per heavy atom. The fraction of sp³-hybridized carbons (Fsp3) is 0.143. The lowest BCUT2D eigenvalue weighted by Crippen LogP contribution is -2.31. The van der Waals surface area contributed by atoms with Crippen molar-refractivity contribution in [2.24, 2.45) is 0 Å². The first-order valence-corrected chi connectivity index (χ1v) is 8.56. The molecule has 3 rings (SSSR count). The molecule has 0 bridgehead atoms. The summed E-state index contributed by atoms with van der Waals surface area (Å²) in [6.07, 6.45) is 7.02. The maximum atomic E-state index is 12.9. The van der Waals surface area contributed by atoms with E-state index < -0.39 is 4.92 Å². The summed E-state index contributed by atoms with van der Waals surface area (Å²) in [5, 5.41) is 15.2. The van der Waals surface area contributed by atoms with Gasteiger partial charge in [0.1, 0.15) is 0 Å². The van der Waals surface area contributed by atoms with Crippen LogP contribution in [0.4, 0.5) is 5.69 Å². The molecule has 1 heterocycles. The Balaban J connectivity index is 1.82. The van der Waals surface area contributed by atoms with Crippen LogP contribution in [-0.2, 0) is 6.54 Å². The van der Waals surface area contributed by atoms with Gasteiger partial charge in [-0.25, -0.2) is 4.68 Å². The quantitative estimate of drug-likeness (QED) is 0.376. The van der Waals surface area contributed by atoms with Gasteiger partial charge in [-0.3, -0.25) is 14.9 Å². The molecule has 0 spiro atoms. The third-order valence-corrected chi connectivity index (χ3v) is 4.18. The number of amides is 1. The lowest BCUT2D eigenvalue weighted by molar-refractivity contribution is -0.384. The van der Waals surface area contributed by atoms with Gasteiger partial charge in [-0.2, -0.15) is 5.10 Å². The molecule has 0 aliphatic rings. The van der Waals surface area contributed by atoms with Crippen molar-refractivity contribution in [1.29, 1.82) is 0 Å². The number of nitro benzene ring substituents is 1. The highest BCUT2D eigenvalue weighted by molar-refractivity contribution is 5.92. The Labute approximate surface area is 162 Å². The van der Waals surface area contributed by atoms with Gasteiger partial charge < -0.3 is 4.90 Å². The van der Waals surface area contributed by atoms with Crippen LogP contribution < -0.4 is 0 Å². The van der Waals surface area contributed by atoms with Crippen molar-refractivity contribution < 1.29 is 9.72 Å². The maximum Gasteiger partial charge on any atom is 0.275 e. The van der Waals surface area contributed by atoms with E-state index in [1.807, 2.05) is 31.2 Å². The molecule has 0 aliphatic heterocycles. The lowest BCUT2D eigenvalue weighted by Gasteiger charge is -2.19. The molecule has 140 valence electrons. The Morgan fingerprint density at radius 3 is 2.68 bits per heavy atom. The summed E-state index contributed by atoms with van der Waals surface area (Å²) in [7, 11) is 0. The zero-order valence-electron chi connectivity index (χ0n) is 15.3. The van der Waals surface area contributed by atoms with E-state index in [0.29, 0.717) is 12.2 Å². The molecule has 28 heavy (non-hydrogen) atoms. The van der Waals surface area contributed by atoms with Gasteiger partial charge in [-0.05, 0) is 24.6 Å². The molecule has 0 saturated heterocycles. The summed E-state index contributed by atoms with van der Waals surface area (Å²) in [6, 6.07) is 15.5. The number of aryl methyl sites for hydroxylation is 1. The van der Waals surface area contributed by atoms with Crippen LogP contribution in [0.25, 0.3) is 5.69 Å². The number of benzene rings is 2. The summed E-state index contributed by atoms with van der Waals surface area (Å²) < 4.78 is 1.43. The fourth-order valence-electron chi connectivity index (χ4n) is 2.72. The number of hydrogen-bond donors (Lipinski definition) is 0. The van der Waals surface area contributed by atoms with E-state index >= 15 is 0 Å². The molecular formula is C21H18N4O3. The first kappa shape index (κ1) is 18.9. The van der Waals surface area contributed by atoms with Crippen LogP contribution in [-0.4, -0.2) is 32.1 Å². The van der Waals surface area contributed by atoms with Crippen LogP contribution in [0.5, 0.6) is 0 Å². The van der Waals surface area contributed by atoms with E-state index in [2.05, 4.69) is 11.0 Å².